The van der Waals surface area contributed by atoms with E-state index >= 15 is 0 Å². The topological polar surface area (TPSA) is 33.2 Å². The first-order chi connectivity index (χ1) is 8.08. The first kappa shape index (κ1) is 15.8. The summed E-state index contributed by atoms with van der Waals surface area (Å²) in [5, 5.41) is 0. The van der Waals surface area contributed by atoms with Gasteiger partial charge in [0.15, 0.2) is 0 Å². The van der Waals surface area contributed by atoms with Crippen LogP contribution in [0.4, 0.5) is 5.82 Å². The summed E-state index contributed by atoms with van der Waals surface area (Å²) in [6.45, 7) is 7.13. The molecule has 0 spiro atoms. The third-order valence-corrected chi connectivity index (χ3v) is 3.27. The summed E-state index contributed by atoms with van der Waals surface area (Å²) < 4.78 is 0. The molecule has 18 heavy (non-hydrogen) atoms. The van der Waals surface area contributed by atoms with Crippen LogP contribution >= 0.6 is 0 Å². The zero-order valence-corrected chi connectivity index (χ0v) is 14.1. The summed E-state index contributed by atoms with van der Waals surface area (Å²) in [7, 11) is 0. The predicted octanol–water partition coefficient (Wildman–Crippen LogP) is 2.77. The third kappa shape index (κ3) is 3.61. The van der Waals surface area contributed by atoms with Crippen molar-refractivity contribution in [1.29, 1.82) is 0 Å². The Bertz CT molecular complexity index is 403. The molecule has 2 rings (SSSR count). The van der Waals surface area contributed by atoms with Crippen molar-refractivity contribution < 1.29 is 37.5 Å². The number of rotatable bonds is 2. The summed E-state index contributed by atoms with van der Waals surface area (Å²) in [5.41, 5.74) is 1.09. The van der Waals surface area contributed by atoms with Gasteiger partial charge in [0.25, 0.3) is 0 Å². The Hall–Kier alpha value is -0.276. The number of anilines is 1. The predicted molar refractivity (Wildman–Crippen MR) is 67.9 cm³/mol. The number of pyridine rings is 1. The van der Waals surface area contributed by atoms with Crippen LogP contribution in [0.25, 0.3) is 0 Å². The average molecular weight is 320 g/mol. The van der Waals surface area contributed by atoms with E-state index in [1.54, 1.807) is 4.90 Å². The number of hydrogen-bond donors (Lipinski definition) is 0. The van der Waals surface area contributed by atoms with Gasteiger partial charge in [-0.2, -0.15) is 6.07 Å². The molecule has 1 aromatic heterocycles. The van der Waals surface area contributed by atoms with Crippen molar-refractivity contribution in [3.63, 3.8) is 0 Å². The van der Waals surface area contributed by atoms with Crippen LogP contribution in [0.1, 0.15) is 45.1 Å². The molecule has 0 aromatic carbocycles. The van der Waals surface area contributed by atoms with Gasteiger partial charge < -0.3 is 9.88 Å². The Kier molecular flexibility index (Phi) is 5.93. The van der Waals surface area contributed by atoms with E-state index in [1.165, 1.54) is 0 Å². The van der Waals surface area contributed by atoms with Crippen LogP contribution in [0.5, 0.6) is 0 Å². The summed E-state index contributed by atoms with van der Waals surface area (Å²) in [5.74, 6) is 1.85. The van der Waals surface area contributed by atoms with E-state index in [2.05, 4.69) is 31.8 Å². The largest absolute Gasteiger partial charge is 0.367 e. The van der Waals surface area contributed by atoms with Gasteiger partial charge in [-0.1, -0.05) is 27.0 Å². The number of piperidine rings is 1. The van der Waals surface area contributed by atoms with E-state index in [0.717, 1.165) is 24.3 Å². The summed E-state index contributed by atoms with van der Waals surface area (Å²) >= 11 is 0. The molecule has 1 aliphatic rings. The van der Waals surface area contributed by atoms with Crippen LogP contribution in [0.3, 0.4) is 0 Å². The monoisotopic (exact) mass is 320 g/mol. The van der Waals surface area contributed by atoms with Crippen molar-refractivity contribution in [2.75, 3.05) is 11.4 Å². The molecule has 1 fully saturated rings. The summed E-state index contributed by atoms with van der Waals surface area (Å²) in [6, 6.07) is 5.05. The van der Waals surface area contributed by atoms with Crippen LogP contribution in [0.15, 0.2) is 12.3 Å². The molecular formula is C14H19N2OY-. The zero-order chi connectivity index (χ0) is 12.4. The summed E-state index contributed by atoms with van der Waals surface area (Å²) in [6.07, 6.45) is 3.51. The minimum absolute atomic E-state index is 0. The van der Waals surface area contributed by atoms with Gasteiger partial charge in [-0.15, -0.1) is 11.6 Å². The SMILES string of the molecule is CC1CCN(c2c[c-]c(C(C)C)cn2)C(=O)C1.[Y]. The van der Waals surface area contributed by atoms with Crippen LogP contribution in [-0.4, -0.2) is 17.4 Å². The van der Waals surface area contributed by atoms with Gasteiger partial charge in [-0.25, -0.2) is 0 Å². The van der Waals surface area contributed by atoms with Crippen molar-refractivity contribution in [2.45, 2.75) is 39.5 Å². The van der Waals surface area contributed by atoms with Gasteiger partial charge in [-0.3, -0.25) is 4.79 Å². The van der Waals surface area contributed by atoms with E-state index in [4.69, 9.17) is 0 Å². The van der Waals surface area contributed by atoms with Crippen molar-refractivity contribution in [2.24, 2.45) is 5.92 Å². The first-order valence-corrected chi connectivity index (χ1v) is 6.26. The molecule has 1 aliphatic heterocycles. The molecule has 1 saturated heterocycles. The second kappa shape index (κ2) is 6.76. The van der Waals surface area contributed by atoms with Crippen molar-refractivity contribution >= 4 is 11.7 Å². The van der Waals surface area contributed by atoms with E-state index in [-0.39, 0.29) is 38.6 Å². The fourth-order valence-corrected chi connectivity index (χ4v) is 2.05. The smallest absolute Gasteiger partial charge is 0.217 e. The van der Waals surface area contributed by atoms with Crippen LogP contribution in [0.2, 0.25) is 0 Å². The number of hydrogen-bond acceptors (Lipinski definition) is 2. The Morgan fingerprint density at radius 3 is 2.72 bits per heavy atom. The number of carbonyl (C=O) groups is 1. The standard InChI is InChI=1S/C14H19N2O.Y/c1-10(2)12-4-5-13(15-9-12)16-7-6-11(3)8-14(16)17;/h5,9-11H,6-8H2,1-3H3;/q-1;. The Labute approximate surface area is 134 Å². The molecule has 4 heteroatoms. The molecule has 2 heterocycles. The van der Waals surface area contributed by atoms with Crippen LogP contribution in [-0.2, 0) is 37.5 Å². The Balaban J connectivity index is 0.00000162. The maximum absolute atomic E-state index is 11.9. The van der Waals surface area contributed by atoms with Crippen LogP contribution in [0, 0.1) is 12.0 Å². The third-order valence-electron chi connectivity index (χ3n) is 3.27. The molecule has 0 N–H and O–H groups in total. The summed E-state index contributed by atoms with van der Waals surface area (Å²) in [4.78, 5) is 18.0. The fraction of sp³-hybridized carbons (Fsp3) is 0.571. The first-order valence-electron chi connectivity index (χ1n) is 6.26. The molecular weight excluding hydrogens is 301 g/mol. The molecule has 95 valence electrons. The number of nitrogens with zero attached hydrogens (tertiary/aromatic N) is 2. The van der Waals surface area contributed by atoms with Crippen molar-refractivity contribution in [3.8, 4) is 0 Å². The van der Waals surface area contributed by atoms with Gasteiger partial charge in [0.1, 0.15) is 0 Å². The fourth-order valence-electron chi connectivity index (χ4n) is 2.05. The number of aromatic nitrogens is 1. The van der Waals surface area contributed by atoms with E-state index in [1.807, 2.05) is 12.3 Å². The average Bonchev–Trinajstić information content (AvgIpc) is 2.29. The van der Waals surface area contributed by atoms with Gasteiger partial charge in [-0.05, 0) is 18.3 Å². The van der Waals surface area contributed by atoms with Crippen molar-refractivity contribution in [3.05, 3.63) is 23.9 Å². The maximum atomic E-state index is 11.9. The van der Waals surface area contributed by atoms with Gasteiger partial charge in [0.2, 0.25) is 5.91 Å². The Morgan fingerprint density at radius 1 is 1.50 bits per heavy atom. The van der Waals surface area contributed by atoms with Crippen LogP contribution < -0.4 is 4.90 Å². The molecule has 1 radical (unpaired) electrons. The van der Waals surface area contributed by atoms with E-state index in [9.17, 15) is 4.79 Å². The molecule has 0 saturated carbocycles. The number of carbonyl (C=O) groups excluding carboxylic acids is 1. The second-order valence-electron chi connectivity index (χ2n) is 5.16. The van der Waals surface area contributed by atoms with Gasteiger partial charge >= 0.3 is 0 Å². The number of amides is 1. The van der Waals surface area contributed by atoms with Gasteiger partial charge in [0.05, 0.1) is 0 Å². The minimum atomic E-state index is 0. The second-order valence-corrected chi connectivity index (χ2v) is 5.16. The molecule has 1 atom stereocenters. The quantitative estimate of drug-likeness (QED) is 0.785. The van der Waals surface area contributed by atoms with Gasteiger partial charge in [0, 0.05) is 51.5 Å². The van der Waals surface area contributed by atoms with E-state index < -0.39 is 0 Å². The van der Waals surface area contributed by atoms with Crippen molar-refractivity contribution in [1.82, 2.24) is 4.98 Å². The zero-order valence-electron chi connectivity index (χ0n) is 11.3. The molecule has 1 amide bonds. The Morgan fingerprint density at radius 2 is 2.22 bits per heavy atom. The molecule has 0 aliphatic carbocycles. The molecule has 0 bridgehead atoms. The maximum Gasteiger partial charge on any atom is 0.217 e. The normalized spacial score (nSPS) is 19.9. The molecule has 1 aromatic rings. The molecule has 3 nitrogen and oxygen atoms in total. The molecule has 1 unspecified atom stereocenters. The minimum Gasteiger partial charge on any atom is -0.367 e. The van der Waals surface area contributed by atoms with E-state index in [0.29, 0.717) is 18.3 Å².